The van der Waals surface area contributed by atoms with Gasteiger partial charge >= 0.3 is 0 Å². The highest BCUT2D eigenvalue weighted by molar-refractivity contribution is 6.30. The first-order valence-corrected chi connectivity index (χ1v) is 7.51. The molecule has 1 amide bonds. The lowest BCUT2D eigenvalue weighted by atomic mass is 9.91. The summed E-state index contributed by atoms with van der Waals surface area (Å²) in [6.07, 6.45) is 3.03. The summed E-state index contributed by atoms with van der Waals surface area (Å²) in [5, 5.41) is 13.6. The molecule has 1 aliphatic heterocycles. The number of benzene rings is 1. The van der Waals surface area contributed by atoms with Crippen LogP contribution in [0.2, 0.25) is 5.02 Å². The van der Waals surface area contributed by atoms with Gasteiger partial charge in [-0.3, -0.25) is 10.1 Å². The Hall–Kier alpha value is -1.10. The van der Waals surface area contributed by atoms with Crippen LogP contribution in [-0.2, 0) is 4.79 Å². The minimum atomic E-state index is -0.203. The van der Waals surface area contributed by atoms with Gasteiger partial charge in [0.2, 0.25) is 5.91 Å². The van der Waals surface area contributed by atoms with Crippen molar-refractivity contribution >= 4 is 17.5 Å². The molecule has 1 saturated heterocycles. The molecule has 1 saturated carbocycles. The average Bonchev–Trinajstić information content (AvgIpc) is 2.83. The second kappa shape index (κ2) is 5.72. The van der Waals surface area contributed by atoms with Crippen LogP contribution >= 0.6 is 11.6 Å². The van der Waals surface area contributed by atoms with Crippen LogP contribution in [0.15, 0.2) is 24.3 Å². The van der Waals surface area contributed by atoms with Gasteiger partial charge in [0.1, 0.15) is 6.17 Å². The summed E-state index contributed by atoms with van der Waals surface area (Å²) in [5.41, 5.74) is 1.06. The number of halogens is 1. The number of nitrogens with one attached hydrogen (secondary N) is 1. The van der Waals surface area contributed by atoms with Crippen LogP contribution in [0.3, 0.4) is 0 Å². The van der Waals surface area contributed by atoms with E-state index < -0.39 is 0 Å². The SMILES string of the molecule is O=C1CNC(c2ccc(Cl)cc2)N1C1CCC(O)CC1. The molecular weight excluding hydrogens is 276 g/mol. The minimum absolute atomic E-state index is 0.0694. The molecule has 1 heterocycles. The van der Waals surface area contributed by atoms with Gasteiger partial charge in [-0.15, -0.1) is 0 Å². The molecule has 0 bridgehead atoms. The molecule has 1 aliphatic carbocycles. The zero-order valence-electron chi connectivity index (χ0n) is 11.3. The molecule has 2 fully saturated rings. The number of aliphatic hydroxyl groups is 1. The first kappa shape index (κ1) is 13.9. The van der Waals surface area contributed by atoms with E-state index in [4.69, 9.17) is 11.6 Å². The third-order valence-corrected chi connectivity index (χ3v) is 4.51. The van der Waals surface area contributed by atoms with E-state index in [-0.39, 0.29) is 24.2 Å². The maximum Gasteiger partial charge on any atom is 0.238 e. The fourth-order valence-electron chi connectivity index (χ4n) is 3.19. The number of aliphatic hydroxyl groups excluding tert-OH is 1. The Morgan fingerprint density at radius 3 is 2.45 bits per heavy atom. The molecule has 2 aliphatic rings. The van der Waals surface area contributed by atoms with E-state index in [0.29, 0.717) is 11.6 Å². The largest absolute Gasteiger partial charge is 0.393 e. The monoisotopic (exact) mass is 294 g/mol. The maximum atomic E-state index is 12.2. The van der Waals surface area contributed by atoms with Gasteiger partial charge in [0, 0.05) is 11.1 Å². The number of hydrogen-bond acceptors (Lipinski definition) is 3. The molecule has 108 valence electrons. The van der Waals surface area contributed by atoms with Crippen molar-refractivity contribution in [2.24, 2.45) is 0 Å². The Bertz CT molecular complexity index is 483. The Kier molecular flexibility index (Phi) is 3.96. The van der Waals surface area contributed by atoms with Crippen molar-refractivity contribution in [1.29, 1.82) is 0 Å². The van der Waals surface area contributed by atoms with Gasteiger partial charge in [-0.1, -0.05) is 23.7 Å². The lowest BCUT2D eigenvalue weighted by molar-refractivity contribution is -0.131. The third-order valence-electron chi connectivity index (χ3n) is 4.26. The number of nitrogens with zero attached hydrogens (tertiary/aromatic N) is 1. The zero-order valence-corrected chi connectivity index (χ0v) is 12.0. The Morgan fingerprint density at radius 2 is 1.80 bits per heavy atom. The van der Waals surface area contributed by atoms with Gasteiger partial charge in [0.15, 0.2) is 0 Å². The Balaban J connectivity index is 1.79. The van der Waals surface area contributed by atoms with Crippen LogP contribution in [0.4, 0.5) is 0 Å². The van der Waals surface area contributed by atoms with Crippen LogP contribution in [0, 0.1) is 0 Å². The van der Waals surface area contributed by atoms with E-state index in [9.17, 15) is 9.90 Å². The number of carbonyl (C=O) groups is 1. The number of rotatable bonds is 2. The predicted molar refractivity (Wildman–Crippen MR) is 77.3 cm³/mol. The molecule has 20 heavy (non-hydrogen) atoms. The molecule has 3 rings (SSSR count). The molecule has 0 radical (unpaired) electrons. The van der Waals surface area contributed by atoms with Gasteiger partial charge in [0.05, 0.1) is 12.6 Å². The Morgan fingerprint density at radius 1 is 1.15 bits per heavy atom. The van der Waals surface area contributed by atoms with Crippen molar-refractivity contribution in [3.63, 3.8) is 0 Å². The molecular formula is C15H19ClN2O2. The van der Waals surface area contributed by atoms with Gasteiger partial charge in [-0.2, -0.15) is 0 Å². The summed E-state index contributed by atoms with van der Waals surface area (Å²) in [6.45, 7) is 0.381. The highest BCUT2D eigenvalue weighted by Crippen LogP contribution is 2.32. The average molecular weight is 295 g/mol. The van der Waals surface area contributed by atoms with Gasteiger partial charge in [0.25, 0.3) is 0 Å². The first-order chi connectivity index (χ1) is 9.65. The molecule has 2 N–H and O–H groups in total. The van der Waals surface area contributed by atoms with Crippen molar-refractivity contribution < 1.29 is 9.90 Å². The van der Waals surface area contributed by atoms with E-state index in [1.54, 1.807) is 0 Å². The molecule has 1 aromatic rings. The smallest absolute Gasteiger partial charge is 0.238 e. The minimum Gasteiger partial charge on any atom is -0.393 e. The molecule has 5 heteroatoms. The highest BCUT2D eigenvalue weighted by Gasteiger charge is 2.38. The molecule has 4 nitrogen and oxygen atoms in total. The fraction of sp³-hybridized carbons (Fsp3) is 0.533. The van der Waals surface area contributed by atoms with E-state index in [0.717, 1.165) is 31.2 Å². The van der Waals surface area contributed by atoms with Crippen molar-refractivity contribution in [3.8, 4) is 0 Å². The summed E-state index contributed by atoms with van der Waals surface area (Å²) in [7, 11) is 0. The van der Waals surface area contributed by atoms with Crippen molar-refractivity contribution in [2.45, 2.75) is 44.0 Å². The fourth-order valence-corrected chi connectivity index (χ4v) is 3.32. The summed E-state index contributed by atoms with van der Waals surface area (Å²) < 4.78 is 0. The molecule has 1 atom stereocenters. The Labute approximate surface area is 123 Å². The summed E-state index contributed by atoms with van der Waals surface area (Å²) in [6, 6.07) is 7.85. The second-order valence-electron chi connectivity index (χ2n) is 5.60. The van der Waals surface area contributed by atoms with E-state index in [1.165, 1.54) is 0 Å². The van der Waals surface area contributed by atoms with Crippen LogP contribution in [0.25, 0.3) is 0 Å². The first-order valence-electron chi connectivity index (χ1n) is 7.13. The summed E-state index contributed by atoms with van der Waals surface area (Å²) in [5.74, 6) is 0.145. The van der Waals surface area contributed by atoms with E-state index in [2.05, 4.69) is 5.32 Å². The number of hydrogen-bond donors (Lipinski definition) is 2. The maximum absolute atomic E-state index is 12.2. The number of carbonyl (C=O) groups excluding carboxylic acids is 1. The zero-order chi connectivity index (χ0) is 14.1. The van der Waals surface area contributed by atoms with Crippen molar-refractivity contribution in [2.75, 3.05) is 6.54 Å². The molecule has 0 spiro atoms. The molecule has 0 aromatic heterocycles. The van der Waals surface area contributed by atoms with E-state index in [1.807, 2.05) is 29.2 Å². The molecule has 1 aromatic carbocycles. The van der Waals surface area contributed by atoms with Gasteiger partial charge in [-0.05, 0) is 43.4 Å². The van der Waals surface area contributed by atoms with Crippen LogP contribution in [0.5, 0.6) is 0 Å². The second-order valence-corrected chi connectivity index (χ2v) is 6.03. The third kappa shape index (κ3) is 2.68. The van der Waals surface area contributed by atoms with Gasteiger partial charge in [-0.25, -0.2) is 0 Å². The number of amides is 1. The van der Waals surface area contributed by atoms with Crippen molar-refractivity contribution in [3.05, 3.63) is 34.9 Å². The standard InChI is InChI=1S/C15H19ClN2O2/c16-11-3-1-10(2-4-11)15-17-9-14(20)18(15)12-5-7-13(19)8-6-12/h1-4,12-13,15,17,19H,5-9H2. The normalized spacial score (nSPS) is 30.8. The summed E-state index contributed by atoms with van der Waals surface area (Å²) >= 11 is 5.92. The predicted octanol–water partition coefficient (Wildman–Crippen LogP) is 2.07. The van der Waals surface area contributed by atoms with Crippen LogP contribution in [0.1, 0.15) is 37.4 Å². The highest BCUT2D eigenvalue weighted by atomic mass is 35.5. The van der Waals surface area contributed by atoms with Crippen LogP contribution in [-0.4, -0.2) is 34.6 Å². The summed E-state index contributed by atoms with van der Waals surface area (Å²) in [4.78, 5) is 14.1. The van der Waals surface area contributed by atoms with Crippen molar-refractivity contribution in [1.82, 2.24) is 10.2 Å². The van der Waals surface area contributed by atoms with E-state index >= 15 is 0 Å². The quantitative estimate of drug-likeness (QED) is 0.878. The molecule has 1 unspecified atom stereocenters. The van der Waals surface area contributed by atoms with Gasteiger partial charge < -0.3 is 10.0 Å². The van der Waals surface area contributed by atoms with Crippen LogP contribution < -0.4 is 5.32 Å². The lowest BCUT2D eigenvalue weighted by Gasteiger charge is -2.36. The lowest BCUT2D eigenvalue weighted by Crippen LogP contribution is -2.42. The topological polar surface area (TPSA) is 52.6 Å².